The summed E-state index contributed by atoms with van der Waals surface area (Å²) in [5.74, 6) is 0.135. The summed E-state index contributed by atoms with van der Waals surface area (Å²) in [4.78, 5) is 18.5. The average Bonchev–Trinajstić information content (AvgIpc) is 3.37. The number of benzene rings is 1. The molecule has 0 saturated carbocycles. The SMILES string of the molecule is O=C(c1nc2c(o1)CNC(O)C2)N1CCN(S(=O)(=O)c2cc3ccc(Cl)cc3s2)CC1. The fourth-order valence-electron chi connectivity index (χ4n) is 3.74. The maximum absolute atomic E-state index is 13.1. The zero-order valence-corrected chi connectivity index (χ0v) is 18.6. The number of amides is 1. The molecule has 0 spiro atoms. The topological polar surface area (TPSA) is 116 Å². The van der Waals surface area contributed by atoms with E-state index in [0.29, 0.717) is 23.0 Å². The number of fused-ring (bicyclic) bond motifs is 2. The van der Waals surface area contributed by atoms with Crippen molar-refractivity contribution in [2.24, 2.45) is 0 Å². The molecule has 0 radical (unpaired) electrons. The summed E-state index contributed by atoms with van der Waals surface area (Å²) in [7, 11) is -3.66. The van der Waals surface area contributed by atoms with Gasteiger partial charge in [0.05, 0.1) is 12.2 Å². The molecule has 2 aliphatic heterocycles. The standard InChI is InChI=1S/C19H19ClN4O5S2/c20-12-2-1-11-7-17(30-15(11)8-12)31(27,28)24-5-3-23(4-6-24)19(26)18-22-13-9-16(25)21-10-14(13)29-18/h1-2,7-8,16,21,25H,3-6,9-10H2. The number of halogens is 1. The molecule has 2 N–H and O–H groups in total. The Morgan fingerprint density at radius 3 is 2.81 bits per heavy atom. The maximum atomic E-state index is 13.1. The van der Waals surface area contributed by atoms with Gasteiger partial charge in [-0.05, 0) is 23.6 Å². The summed E-state index contributed by atoms with van der Waals surface area (Å²) < 4.78 is 34.2. The number of rotatable bonds is 3. The van der Waals surface area contributed by atoms with E-state index in [-0.39, 0.29) is 48.6 Å². The molecule has 1 amide bonds. The summed E-state index contributed by atoms with van der Waals surface area (Å²) in [6.07, 6.45) is -0.433. The molecule has 1 unspecified atom stereocenters. The number of thiophene rings is 1. The van der Waals surface area contributed by atoms with E-state index >= 15 is 0 Å². The number of carbonyl (C=O) groups is 1. The molecule has 1 aromatic carbocycles. The van der Waals surface area contributed by atoms with Crippen LogP contribution in [-0.2, 0) is 23.0 Å². The van der Waals surface area contributed by atoms with Crippen LogP contribution in [0.15, 0.2) is 32.9 Å². The first-order valence-corrected chi connectivity index (χ1v) is 12.3. The lowest BCUT2D eigenvalue weighted by Crippen LogP contribution is -2.50. The fourth-order valence-corrected chi connectivity index (χ4v) is 6.99. The third kappa shape index (κ3) is 3.86. The highest BCUT2D eigenvalue weighted by atomic mass is 35.5. The number of aromatic nitrogens is 1. The smallest absolute Gasteiger partial charge is 0.309 e. The van der Waals surface area contributed by atoms with E-state index in [2.05, 4.69) is 10.3 Å². The molecule has 3 aromatic rings. The summed E-state index contributed by atoms with van der Waals surface area (Å²) in [6.45, 7) is 1.15. The van der Waals surface area contributed by atoms with Gasteiger partial charge >= 0.3 is 5.91 Å². The molecule has 9 nitrogen and oxygen atoms in total. The van der Waals surface area contributed by atoms with E-state index in [1.807, 2.05) is 0 Å². The Morgan fingerprint density at radius 1 is 1.26 bits per heavy atom. The van der Waals surface area contributed by atoms with E-state index in [4.69, 9.17) is 16.0 Å². The van der Waals surface area contributed by atoms with Crippen LogP contribution in [0.25, 0.3) is 10.1 Å². The highest BCUT2D eigenvalue weighted by molar-refractivity contribution is 7.91. The quantitative estimate of drug-likeness (QED) is 0.583. The zero-order chi connectivity index (χ0) is 21.8. The number of aliphatic hydroxyl groups is 1. The van der Waals surface area contributed by atoms with Gasteiger partial charge in [-0.2, -0.15) is 4.31 Å². The van der Waals surface area contributed by atoms with Crippen LogP contribution in [0.5, 0.6) is 0 Å². The third-order valence-electron chi connectivity index (χ3n) is 5.43. The van der Waals surface area contributed by atoms with Crippen molar-refractivity contribution >= 4 is 49.0 Å². The number of oxazole rings is 1. The second-order valence-electron chi connectivity index (χ2n) is 7.43. The number of nitrogens with zero attached hydrogens (tertiary/aromatic N) is 3. The molecule has 2 aliphatic rings. The van der Waals surface area contributed by atoms with Gasteiger partial charge in [-0.25, -0.2) is 13.4 Å². The van der Waals surface area contributed by atoms with E-state index < -0.39 is 16.3 Å². The second-order valence-corrected chi connectivity index (χ2v) is 11.1. The number of nitrogens with one attached hydrogen (secondary N) is 1. The summed E-state index contributed by atoms with van der Waals surface area (Å²) in [5.41, 5.74) is 0.570. The number of hydrogen-bond acceptors (Lipinski definition) is 8. The van der Waals surface area contributed by atoms with Crippen LogP contribution in [0.2, 0.25) is 5.02 Å². The minimum absolute atomic E-state index is 0.0291. The molecule has 0 bridgehead atoms. The van der Waals surface area contributed by atoms with E-state index in [1.165, 1.54) is 20.5 Å². The van der Waals surface area contributed by atoms with Crippen LogP contribution in [0, 0.1) is 0 Å². The zero-order valence-electron chi connectivity index (χ0n) is 16.2. The van der Waals surface area contributed by atoms with Crippen LogP contribution in [0.1, 0.15) is 22.1 Å². The predicted molar refractivity (Wildman–Crippen MR) is 115 cm³/mol. The minimum Gasteiger partial charge on any atom is -0.436 e. The van der Waals surface area contributed by atoms with Gasteiger partial charge in [0.15, 0.2) is 0 Å². The number of aliphatic hydroxyl groups excluding tert-OH is 1. The molecule has 1 fully saturated rings. The van der Waals surface area contributed by atoms with Crippen molar-refractivity contribution in [2.45, 2.75) is 23.4 Å². The highest BCUT2D eigenvalue weighted by Gasteiger charge is 2.34. The van der Waals surface area contributed by atoms with Crippen LogP contribution in [-0.4, -0.2) is 66.0 Å². The molecular weight excluding hydrogens is 464 g/mol. The fraction of sp³-hybridized carbons (Fsp3) is 0.368. The lowest BCUT2D eigenvalue weighted by molar-refractivity contribution is 0.0655. The lowest BCUT2D eigenvalue weighted by Gasteiger charge is -2.32. The normalized spacial score (nSPS) is 20.2. The minimum atomic E-state index is -3.66. The van der Waals surface area contributed by atoms with Gasteiger partial charge < -0.3 is 14.4 Å². The third-order valence-corrected chi connectivity index (χ3v) is 9.11. The Kier molecular flexibility index (Phi) is 5.27. The molecule has 1 atom stereocenters. The van der Waals surface area contributed by atoms with Gasteiger partial charge in [-0.1, -0.05) is 17.7 Å². The van der Waals surface area contributed by atoms with Gasteiger partial charge in [0.1, 0.15) is 16.2 Å². The van der Waals surface area contributed by atoms with E-state index in [9.17, 15) is 18.3 Å². The molecule has 31 heavy (non-hydrogen) atoms. The van der Waals surface area contributed by atoms with Gasteiger partial charge in [-0.3, -0.25) is 10.1 Å². The molecule has 0 aliphatic carbocycles. The monoisotopic (exact) mass is 482 g/mol. The molecular formula is C19H19ClN4O5S2. The summed E-state index contributed by atoms with van der Waals surface area (Å²) >= 11 is 7.19. The van der Waals surface area contributed by atoms with Crippen molar-refractivity contribution in [2.75, 3.05) is 26.2 Å². The molecule has 2 aromatic heterocycles. The maximum Gasteiger partial charge on any atom is 0.309 e. The predicted octanol–water partition coefficient (Wildman–Crippen LogP) is 1.65. The van der Waals surface area contributed by atoms with Crippen molar-refractivity contribution in [1.82, 2.24) is 19.5 Å². The molecule has 164 valence electrons. The van der Waals surface area contributed by atoms with E-state index in [1.54, 1.807) is 24.3 Å². The van der Waals surface area contributed by atoms with Crippen LogP contribution >= 0.6 is 22.9 Å². The van der Waals surface area contributed by atoms with Crippen molar-refractivity contribution in [3.05, 3.63) is 46.6 Å². The first kappa shape index (κ1) is 20.9. The highest BCUT2D eigenvalue weighted by Crippen LogP contribution is 2.33. The Morgan fingerprint density at radius 2 is 2.03 bits per heavy atom. The summed E-state index contributed by atoms with van der Waals surface area (Å²) in [5, 5.41) is 13.9. The average molecular weight is 483 g/mol. The first-order chi connectivity index (χ1) is 14.8. The Labute approximate surface area is 187 Å². The molecule has 4 heterocycles. The number of piperazine rings is 1. The Hall–Kier alpha value is -2.02. The molecule has 12 heteroatoms. The van der Waals surface area contributed by atoms with Crippen molar-refractivity contribution in [3.8, 4) is 0 Å². The van der Waals surface area contributed by atoms with Gasteiger partial charge in [0.2, 0.25) is 0 Å². The van der Waals surface area contributed by atoms with Gasteiger partial charge in [-0.15, -0.1) is 11.3 Å². The largest absolute Gasteiger partial charge is 0.436 e. The number of sulfonamides is 1. The second kappa shape index (κ2) is 7.84. The first-order valence-electron chi connectivity index (χ1n) is 9.70. The number of carbonyl (C=O) groups excluding carboxylic acids is 1. The van der Waals surface area contributed by atoms with Crippen molar-refractivity contribution in [3.63, 3.8) is 0 Å². The molecule has 1 saturated heterocycles. The summed E-state index contributed by atoms with van der Waals surface area (Å²) in [6, 6.07) is 6.94. The van der Waals surface area contributed by atoms with E-state index in [0.717, 1.165) is 10.1 Å². The van der Waals surface area contributed by atoms with Crippen molar-refractivity contribution < 1.29 is 22.7 Å². The van der Waals surface area contributed by atoms with Crippen LogP contribution in [0.3, 0.4) is 0 Å². The van der Waals surface area contributed by atoms with Gasteiger partial charge in [0.25, 0.3) is 15.9 Å². The Bertz CT molecular complexity index is 1260. The number of hydrogen-bond donors (Lipinski definition) is 2. The van der Waals surface area contributed by atoms with Crippen LogP contribution < -0.4 is 5.32 Å². The van der Waals surface area contributed by atoms with Crippen LogP contribution in [0.4, 0.5) is 0 Å². The lowest BCUT2D eigenvalue weighted by atomic mass is 10.2. The van der Waals surface area contributed by atoms with Gasteiger partial charge in [0, 0.05) is 42.3 Å². The molecule has 5 rings (SSSR count). The van der Waals surface area contributed by atoms with Crippen molar-refractivity contribution in [1.29, 1.82) is 0 Å². The Balaban J connectivity index is 1.28.